The number of carbonyl (C=O) groups is 3. The zero-order chi connectivity index (χ0) is 21.8. The third-order valence-corrected chi connectivity index (χ3v) is 5.25. The van der Waals surface area contributed by atoms with E-state index in [-0.39, 0.29) is 29.9 Å². The van der Waals surface area contributed by atoms with Gasteiger partial charge in [-0.25, -0.2) is 9.78 Å². The van der Waals surface area contributed by atoms with Crippen LogP contribution in [-0.2, 0) is 14.3 Å². The van der Waals surface area contributed by atoms with Crippen LogP contribution in [0, 0.1) is 0 Å². The summed E-state index contributed by atoms with van der Waals surface area (Å²) in [5, 5.41) is 2.61. The number of hydrogen-bond acceptors (Lipinski definition) is 6. The molecule has 8 heteroatoms. The molecular formula is C23H23N3O5. The number of ether oxygens (including phenoxy) is 1. The Bertz CT molecular complexity index is 1080. The van der Waals surface area contributed by atoms with Gasteiger partial charge < -0.3 is 19.4 Å². The lowest BCUT2D eigenvalue weighted by Crippen LogP contribution is -2.40. The quantitative estimate of drug-likeness (QED) is 0.634. The smallest absolute Gasteiger partial charge is 0.338 e. The van der Waals surface area contributed by atoms with Gasteiger partial charge in [0.2, 0.25) is 5.91 Å². The molecule has 1 fully saturated rings. The van der Waals surface area contributed by atoms with E-state index < -0.39 is 5.97 Å². The molecule has 0 spiro atoms. The van der Waals surface area contributed by atoms with E-state index in [1.165, 1.54) is 13.0 Å². The highest BCUT2D eigenvalue weighted by molar-refractivity contribution is 5.94. The number of benzene rings is 2. The van der Waals surface area contributed by atoms with Gasteiger partial charge in [-0.3, -0.25) is 9.59 Å². The van der Waals surface area contributed by atoms with Crippen molar-refractivity contribution in [1.82, 2.24) is 9.88 Å². The summed E-state index contributed by atoms with van der Waals surface area (Å²) in [7, 11) is 0. The van der Waals surface area contributed by atoms with Crippen LogP contribution in [0.3, 0.4) is 0 Å². The van der Waals surface area contributed by atoms with E-state index >= 15 is 0 Å². The van der Waals surface area contributed by atoms with Crippen molar-refractivity contribution in [3.05, 3.63) is 60.0 Å². The van der Waals surface area contributed by atoms with Crippen molar-refractivity contribution in [2.24, 2.45) is 0 Å². The molecule has 2 aromatic carbocycles. The molecule has 0 saturated carbocycles. The summed E-state index contributed by atoms with van der Waals surface area (Å²) in [6, 6.07) is 14.0. The molecule has 1 aliphatic heterocycles. The predicted molar refractivity (Wildman–Crippen MR) is 114 cm³/mol. The van der Waals surface area contributed by atoms with E-state index in [2.05, 4.69) is 10.3 Å². The highest BCUT2D eigenvalue weighted by Crippen LogP contribution is 2.29. The number of para-hydroxylation sites is 2. The number of anilines is 1. The van der Waals surface area contributed by atoms with Crippen molar-refractivity contribution in [2.75, 3.05) is 25.0 Å². The zero-order valence-electron chi connectivity index (χ0n) is 17.2. The fourth-order valence-electron chi connectivity index (χ4n) is 3.67. The molecule has 1 aliphatic rings. The second-order valence-electron chi connectivity index (χ2n) is 7.51. The van der Waals surface area contributed by atoms with Gasteiger partial charge in [0.05, 0.1) is 5.56 Å². The van der Waals surface area contributed by atoms with Crippen LogP contribution in [0.4, 0.5) is 5.69 Å². The van der Waals surface area contributed by atoms with Crippen LogP contribution < -0.4 is 5.32 Å². The number of amides is 2. The van der Waals surface area contributed by atoms with Gasteiger partial charge in [-0.15, -0.1) is 0 Å². The van der Waals surface area contributed by atoms with Crippen molar-refractivity contribution < 1.29 is 23.5 Å². The Labute approximate surface area is 179 Å². The summed E-state index contributed by atoms with van der Waals surface area (Å²) in [5.41, 5.74) is 2.37. The monoisotopic (exact) mass is 421 g/mol. The number of nitrogens with zero attached hydrogens (tertiary/aromatic N) is 2. The number of oxazole rings is 1. The molecule has 1 saturated heterocycles. The zero-order valence-corrected chi connectivity index (χ0v) is 17.2. The molecule has 8 nitrogen and oxygen atoms in total. The Morgan fingerprint density at radius 1 is 1.13 bits per heavy atom. The molecule has 0 unspecified atom stereocenters. The maximum absolute atomic E-state index is 12.5. The maximum atomic E-state index is 12.5. The molecule has 31 heavy (non-hydrogen) atoms. The topological polar surface area (TPSA) is 102 Å². The largest absolute Gasteiger partial charge is 0.452 e. The van der Waals surface area contributed by atoms with Crippen LogP contribution in [0.2, 0.25) is 0 Å². The normalized spacial score (nSPS) is 14.4. The van der Waals surface area contributed by atoms with Crippen molar-refractivity contribution in [1.29, 1.82) is 0 Å². The Balaban J connectivity index is 1.28. The maximum Gasteiger partial charge on any atom is 0.338 e. The van der Waals surface area contributed by atoms with Crippen LogP contribution in [0.5, 0.6) is 0 Å². The molecule has 160 valence electrons. The van der Waals surface area contributed by atoms with Crippen molar-refractivity contribution >= 4 is 34.6 Å². The van der Waals surface area contributed by atoms with Crippen LogP contribution in [0.15, 0.2) is 52.9 Å². The summed E-state index contributed by atoms with van der Waals surface area (Å²) in [6.07, 6.45) is 1.48. The average molecular weight is 421 g/mol. The molecule has 0 atom stereocenters. The lowest BCUT2D eigenvalue weighted by atomic mass is 9.97. The second kappa shape index (κ2) is 8.99. The molecule has 1 N–H and O–H groups in total. The fraction of sp³-hybridized carbons (Fsp3) is 0.304. The van der Waals surface area contributed by atoms with Gasteiger partial charge >= 0.3 is 5.97 Å². The Morgan fingerprint density at radius 3 is 2.65 bits per heavy atom. The Hall–Kier alpha value is -3.68. The standard InChI is InChI=1S/C23H23N3O5/c1-15(27)24-18-6-4-5-17(13-18)23(29)30-14-21(28)26-11-9-16(10-12-26)22-25-19-7-2-3-8-20(19)31-22/h2-8,13,16H,9-12,14H2,1H3,(H,24,27). The van der Waals surface area contributed by atoms with E-state index in [9.17, 15) is 14.4 Å². The summed E-state index contributed by atoms with van der Waals surface area (Å²) in [6.45, 7) is 2.17. The van der Waals surface area contributed by atoms with Crippen LogP contribution in [-0.4, -0.2) is 47.4 Å². The van der Waals surface area contributed by atoms with Gasteiger partial charge in [0, 0.05) is 31.6 Å². The Morgan fingerprint density at radius 2 is 1.90 bits per heavy atom. The molecule has 2 amide bonds. The first-order valence-corrected chi connectivity index (χ1v) is 10.2. The number of esters is 1. The first-order chi connectivity index (χ1) is 15.0. The van der Waals surface area contributed by atoms with Gasteiger partial charge in [-0.1, -0.05) is 18.2 Å². The summed E-state index contributed by atoms with van der Waals surface area (Å²) >= 11 is 0. The van der Waals surface area contributed by atoms with Gasteiger partial charge in [0.1, 0.15) is 5.52 Å². The van der Waals surface area contributed by atoms with E-state index in [0.717, 1.165) is 23.9 Å². The van der Waals surface area contributed by atoms with E-state index in [4.69, 9.17) is 9.15 Å². The summed E-state index contributed by atoms with van der Waals surface area (Å²) in [5.74, 6) is -0.208. The molecule has 2 heterocycles. The first-order valence-electron chi connectivity index (χ1n) is 10.2. The number of fused-ring (bicyclic) bond motifs is 1. The van der Waals surface area contributed by atoms with Gasteiger partial charge in [0.25, 0.3) is 5.91 Å². The van der Waals surface area contributed by atoms with Crippen LogP contribution >= 0.6 is 0 Å². The molecular weight excluding hydrogens is 398 g/mol. The van der Waals surface area contributed by atoms with E-state index in [1.54, 1.807) is 23.1 Å². The lowest BCUT2D eigenvalue weighted by molar-refractivity contribution is -0.135. The number of aromatic nitrogens is 1. The van der Waals surface area contributed by atoms with Crippen molar-refractivity contribution in [3.8, 4) is 0 Å². The van der Waals surface area contributed by atoms with Crippen LogP contribution in [0.1, 0.15) is 41.9 Å². The average Bonchev–Trinajstić information content (AvgIpc) is 3.21. The minimum absolute atomic E-state index is 0.163. The number of likely N-dealkylation sites (tertiary alicyclic amines) is 1. The number of hydrogen-bond donors (Lipinski definition) is 1. The van der Waals surface area contributed by atoms with E-state index in [1.807, 2.05) is 24.3 Å². The lowest BCUT2D eigenvalue weighted by Gasteiger charge is -2.30. The van der Waals surface area contributed by atoms with Gasteiger partial charge in [0.15, 0.2) is 18.1 Å². The van der Waals surface area contributed by atoms with Crippen molar-refractivity contribution in [2.45, 2.75) is 25.7 Å². The SMILES string of the molecule is CC(=O)Nc1cccc(C(=O)OCC(=O)N2CCC(c3nc4ccccc4o3)CC2)c1. The fourth-order valence-corrected chi connectivity index (χ4v) is 3.67. The third kappa shape index (κ3) is 4.91. The minimum Gasteiger partial charge on any atom is -0.452 e. The number of carbonyl (C=O) groups excluding carboxylic acids is 3. The molecule has 0 radical (unpaired) electrons. The molecule has 3 aromatic rings. The van der Waals surface area contributed by atoms with Crippen molar-refractivity contribution in [3.63, 3.8) is 0 Å². The number of piperidine rings is 1. The predicted octanol–water partition coefficient (Wildman–Crippen LogP) is 3.35. The summed E-state index contributed by atoms with van der Waals surface area (Å²) in [4.78, 5) is 42.2. The molecule has 4 rings (SSSR count). The molecule has 0 bridgehead atoms. The highest BCUT2D eigenvalue weighted by Gasteiger charge is 2.27. The highest BCUT2D eigenvalue weighted by atomic mass is 16.5. The van der Waals surface area contributed by atoms with E-state index in [0.29, 0.717) is 24.7 Å². The first kappa shape index (κ1) is 20.6. The third-order valence-electron chi connectivity index (χ3n) is 5.25. The van der Waals surface area contributed by atoms with Gasteiger partial charge in [-0.05, 0) is 43.2 Å². The molecule has 0 aliphatic carbocycles. The molecule has 1 aromatic heterocycles. The number of nitrogens with one attached hydrogen (secondary N) is 1. The second-order valence-corrected chi connectivity index (χ2v) is 7.51. The minimum atomic E-state index is -0.609. The summed E-state index contributed by atoms with van der Waals surface area (Å²) < 4.78 is 11.0. The Kier molecular flexibility index (Phi) is 5.97. The number of rotatable bonds is 5. The van der Waals surface area contributed by atoms with Gasteiger partial charge in [-0.2, -0.15) is 0 Å². The van der Waals surface area contributed by atoms with Crippen LogP contribution in [0.25, 0.3) is 11.1 Å².